The van der Waals surface area contributed by atoms with Gasteiger partial charge in [0.25, 0.3) is 0 Å². The van der Waals surface area contributed by atoms with Crippen LogP contribution in [0.2, 0.25) is 0 Å². The van der Waals surface area contributed by atoms with E-state index in [1.165, 1.54) is 11.3 Å². The zero-order valence-electron chi connectivity index (χ0n) is 15.2. The first-order valence-electron chi connectivity index (χ1n) is 9.14. The van der Waals surface area contributed by atoms with E-state index in [9.17, 15) is 5.11 Å². The molecule has 1 aliphatic heterocycles. The first kappa shape index (κ1) is 17.5. The second kappa shape index (κ2) is 8.17. The lowest BCUT2D eigenvalue weighted by Crippen LogP contribution is -2.24. The second-order valence-corrected chi connectivity index (χ2v) is 6.36. The van der Waals surface area contributed by atoms with Crippen LogP contribution in [0.25, 0.3) is 0 Å². The number of benzene rings is 2. The Hall–Kier alpha value is -2.33. The Morgan fingerprint density at radius 1 is 1.12 bits per heavy atom. The number of hydrogen-bond donors (Lipinski definition) is 1. The monoisotopic (exact) mass is 337 g/mol. The van der Waals surface area contributed by atoms with Gasteiger partial charge in [-0.2, -0.15) is 5.10 Å². The van der Waals surface area contributed by atoms with E-state index in [0.717, 1.165) is 49.3 Å². The molecule has 0 amide bonds. The number of hydrogen-bond acceptors (Lipinski definition) is 4. The molecule has 25 heavy (non-hydrogen) atoms. The molecule has 4 nitrogen and oxygen atoms in total. The number of hydrazone groups is 1. The Balaban J connectivity index is 1.75. The zero-order chi connectivity index (χ0) is 17.6. The van der Waals surface area contributed by atoms with Gasteiger partial charge in [0.05, 0.1) is 18.5 Å². The quantitative estimate of drug-likeness (QED) is 0.815. The molecule has 1 heterocycles. The van der Waals surface area contributed by atoms with Crippen molar-refractivity contribution in [2.24, 2.45) is 5.10 Å². The van der Waals surface area contributed by atoms with E-state index < -0.39 is 0 Å². The summed E-state index contributed by atoms with van der Waals surface area (Å²) in [5.41, 5.74) is 5.75. The van der Waals surface area contributed by atoms with Gasteiger partial charge in [-0.05, 0) is 61.6 Å². The lowest BCUT2D eigenvalue weighted by Gasteiger charge is -2.27. The van der Waals surface area contributed by atoms with Crippen LogP contribution >= 0.6 is 0 Å². The van der Waals surface area contributed by atoms with Gasteiger partial charge in [-0.15, -0.1) is 0 Å². The third kappa shape index (κ3) is 4.02. The lowest BCUT2D eigenvalue weighted by molar-refractivity contribution is 0.281. The molecule has 0 bridgehead atoms. The minimum atomic E-state index is 0.0927. The summed E-state index contributed by atoms with van der Waals surface area (Å²) < 4.78 is 0. The summed E-state index contributed by atoms with van der Waals surface area (Å²) >= 11 is 0. The molecule has 0 fully saturated rings. The van der Waals surface area contributed by atoms with Crippen molar-refractivity contribution < 1.29 is 5.11 Å². The molecule has 1 N–H and O–H groups in total. The minimum Gasteiger partial charge on any atom is -0.392 e. The smallest absolute Gasteiger partial charge is 0.0681 e. The van der Waals surface area contributed by atoms with E-state index in [1.54, 1.807) is 0 Å². The van der Waals surface area contributed by atoms with E-state index in [1.807, 2.05) is 12.3 Å². The summed E-state index contributed by atoms with van der Waals surface area (Å²) in [4.78, 5) is 2.33. The molecule has 4 heteroatoms. The van der Waals surface area contributed by atoms with Gasteiger partial charge in [-0.3, -0.25) is 5.01 Å². The minimum absolute atomic E-state index is 0.0927. The van der Waals surface area contributed by atoms with Gasteiger partial charge in [0.15, 0.2) is 0 Å². The SMILES string of the molecule is CCN(CC)c1ccc(C=NN2CCCc3cc(CO)ccc32)cc1. The van der Waals surface area contributed by atoms with Crippen LogP contribution in [0.15, 0.2) is 47.6 Å². The normalized spacial score (nSPS) is 14.0. The molecule has 2 aromatic carbocycles. The summed E-state index contributed by atoms with van der Waals surface area (Å²) in [5, 5.41) is 16.1. The van der Waals surface area contributed by atoms with E-state index in [4.69, 9.17) is 5.10 Å². The molecule has 0 radical (unpaired) electrons. The molecule has 0 spiro atoms. The van der Waals surface area contributed by atoms with Crippen molar-refractivity contribution in [3.8, 4) is 0 Å². The van der Waals surface area contributed by atoms with Gasteiger partial charge in [-0.25, -0.2) is 0 Å². The predicted octanol–water partition coefficient (Wildman–Crippen LogP) is 3.81. The number of anilines is 2. The number of rotatable bonds is 6. The van der Waals surface area contributed by atoms with E-state index in [2.05, 4.69) is 60.2 Å². The average molecular weight is 337 g/mol. The van der Waals surface area contributed by atoms with Crippen molar-refractivity contribution in [2.45, 2.75) is 33.3 Å². The highest BCUT2D eigenvalue weighted by Crippen LogP contribution is 2.28. The van der Waals surface area contributed by atoms with Crippen molar-refractivity contribution in [3.05, 3.63) is 59.2 Å². The molecule has 0 aliphatic carbocycles. The van der Waals surface area contributed by atoms with Crippen LogP contribution in [0.3, 0.4) is 0 Å². The molecule has 132 valence electrons. The Morgan fingerprint density at radius 2 is 1.88 bits per heavy atom. The van der Waals surface area contributed by atoms with Gasteiger partial charge in [0, 0.05) is 25.3 Å². The highest BCUT2D eigenvalue weighted by molar-refractivity contribution is 5.81. The third-order valence-corrected chi connectivity index (χ3v) is 4.79. The van der Waals surface area contributed by atoms with Crippen molar-refractivity contribution in [3.63, 3.8) is 0 Å². The van der Waals surface area contributed by atoms with Gasteiger partial charge >= 0.3 is 0 Å². The molecule has 2 aromatic rings. The molecule has 0 aromatic heterocycles. The number of aryl methyl sites for hydroxylation is 1. The van der Waals surface area contributed by atoms with E-state index in [0.29, 0.717) is 0 Å². The van der Waals surface area contributed by atoms with Crippen LogP contribution in [-0.4, -0.2) is 31.0 Å². The topological polar surface area (TPSA) is 39.1 Å². The van der Waals surface area contributed by atoms with Crippen LogP contribution < -0.4 is 9.91 Å². The Bertz CT molecular complexity index is 720. The Labute approximate surface area is 150 Å². The predicted molar refractivity (Wildman–Crippen MR) is 106 cm³/mol. The lowest BCUT2D eigenvalue weighted by atomic mass is 10.0. The number of fused-ring (bicyclic) bond motifs is 1. The molecule has 0 saturated carbocycles. The van der Waals surface area contributed by atoms with Crippen LogP contribution in [0.1, 0.15) is 37.0 Å². The molecule has 3 rings (SSSR count). The fourth-order valence-corrected chi connectivity index (χ4v) is 3.35. The summed E-state index contributed by atoms with van der Waals surface area (Å²) in [6.07, 6.45) is 4.06. The van der Waals surface area contributed by atoms with Crippen molar-refractivity contribution in [1.82, 2.24) is 0 Å². The second-order valence-electron chi connectivity index (χ2n) is 6.36. The third-order valence-electron chi connectivity index (χ3n) is 4.79. The fourth-order valence-electron chi connectivity index (χ4n) is 3.35. The fraction of sp³-hybridized carbons (Fsp3) is 0.381. The molecule has 1 aliphatic rings. The summed E-state index contributed by atoms with van der Waals surface area (Å²) in [7, 11) is 0. The van der Waals surface area contributed by atoms with Crippen molar-refractivity contribution in [1.29, 1.82) is 0 Å². The van der Waals surface area contributed by atoms with Crippen LogP contribution in [0.5, 0.6) is 0 Å². The maximum absolute atomic E-state index is 9.31. The molecule has 0 saturated heterocycles. The Kier molecular flexibility index (Phi) is 5.71. The number of nitrogens with zero attached hydrogens (tertiary/aromatic N) is 3. The summed E-state index contributed by atoms with van der Waals surface area (Å²) in [6, 6.07) is 14.7. The number of aliphatic hydroxyl groups is 1. The first-order valence-corrected chi connectivity index (χ1v) is 9.14. The molecule has 0 unspecified atom stereocenters. The molecule has 0 atom stereocenters. The van der Waals surface area contributed by atoms with Gasteiger partial charge in [-0.1, -0.05) is 24.3 Å². The van der Waals surface area contributed by atoms with E-state index in [-0.39, 0.29) is 6.61 Å². The van der Waals surface area contributed by atoms with Gasteiger partial charge in [0.2, 0.25) is 0 Å². The largest absolute Gasteiger partial charge is 0.392 e. The van der Waals surface area contributed by atoms with Crippen molar-refractivity contribution in [2.75, 3.05) is 29.5 Å². The molecular weight excluding hydrogens is 310 g/mol. The highest BCUT2D eigenvalue weighted by Gasteiger charge is 2.16. The average Bonchev–Trinajstić information content (AvgIpc) is 2.67. The maximum Gasteiger partial charge on any atom is 0.0681 e. The maximum atomic E-state index is 9.31. The van der Waals surface area contributed by atoms with Gasteiger partial charge < -0.3 is 10.0 Å². The van der Waals surface area contributed by atoms with E-state index >= 15 is 0 Å². The summed E-state index contributed by atoms with van der Waals surface area (Å²) in [6.45, 7) is 7.41. The zero-order valence-corrected chi connectivity index (χ0v) is 15.2. The number of aliphatic hydroxyl groups excluding tert-OH is 1. The van der Waals surface area contributed by atoms with Crippen LogP contribution in [-0.2, 0) is 13.0 Å². The summed E-state index contributed by atoms with van der Waals surface area (Å²) in [5.74, 6) is 0. The Morgan fingerprint density at radius 3 is 2.56 bits per heavy atom. The highest BCUT2D eigenvalue weighted by atomic mass is 16.3. The van der Waals surface area contributed by atoms with Crippen LogP contribution in [0, 0.1) is 0 Å². The van der Waals surface area contributed by atoms with Gasteiger partial charge in [0.1, 0.15) is 0 Å². The standard InChI is InChI=1S/C21H27N3O/c1-3-23(4-2)20-10-7-17(8-11-20)15-22-24-13-5-6-19-14-18(16-25)9-12-21(19)24/h7-12,14-15,25H,3-6,13,16H2,1-2H3. The van der Waals surface area contributed by atoms with Crippen LogP contribution in [0.4, 0.5) is 11.4 Å². The first-order chi connectivity index (χ1) is 12.2. The van der Waals surface area contributed by atoms with Crippen molar-refractivity contribution >= 4 is 17.6 Å². The molecular formula is C21H27N3O.